The highest BCUT2D eigenvalue weighted by Crippen LogP contribution is 2.24. The SMILES string of the molecule is CCC(N)C(c1cccc(C)c1)N(C)CCCN(C)C. The Morgan fingerprint density at radius 1 is 1.15 bits per heavy atom. The Kier molecular flexibility index (Phi) is 7.20. The molecule has 114 valence electrons. The van der Waals surface area contributed by atoms with Gasteiger partial charge in [0.25, 0.3) is 0 Å². The van der Waals surface area contributed by atoms with Gasteiger partial charge in [-0.1, -0.05) is 36.8 Å². The van der Waals surface area contributed by atoms with Gasteiger partial charge in [0.2, 0.25) is 0 Å². The number of aryl methyl sites for hydroxylation is 1. The van der Waals surface area contributed by atoms with Crippen LogP contribution in [0.1, 0.15) is 36.9 Å². The van der Waals surface area contributed by atoms with Crippen molar-refractivity contribution in [2.24, 2.45) is 5.73 Å². The third-order valence-electron chi connectivity index (χ3n) is 3.85. The molecule has 1 aromatic carbocycles. The van der Waals surface area contributed by atoms with Gasteiger partial charge in [0.1, 0.15) is 0 Å². The van der Waals surface area contributed by atoms with E-state index < -0.39 is 0 Å². The van der Waals surface area contributed by atoms with E-state index in [0.29, 0.717) is 6.04 Å². The molecule has 1 aromatic rings. The zero-order chi connectivity index (χ0) is 15.1. The molecule has 0 aliphatic rings. The predicted molar refractivity (Wildman–Crippen MR) is 88.0 cm³/mol. The summed E-state index contributed by atoms with van der Waals surface area (Å²) in [6.45, 7) is 6.50. The molecule has 0 saturated carbocycles. The summed E-state index contributed by atoms with van der Waals surface area (Å²) in [5.41, 5.74) is 9.02. The van der Waals surface area contributed by atoms with Gasteiger partial charge in [-0.05, 0) is 59.6 Å². The van der Waals surface area contributed by atoms with E-state index in [4.69, 9.17) is 5.73 Å². The van der Waals surface area contributed by atoms with Crippen LogP contribution in [0.3, 0.4) is 0 Å². The van der Waals surface area contributed by atoms with Crippen molar-refractivity contribution in [3.8, 4) is 0 Å². The van der Waals surface area contributed by atoms with E-state index in [0.717, 1.165) is 19.5 Å². The zero-order valence-electron chi connectivity index (χ0n) is 13.8. The molecule has 3 heteroatoms. The van der Waals surface area contributed by atoms with Crippen molar-refractivity contribution in [1.82, 2.24) is 9.80 Å². The first-order chi connectivity index (χ1) is 9.45. The number of nitrogens with zero attached hydrogens (tertiary/aromatic N) is 2. The fraction of sp³-hybridized carbons (Fsp3) is 0.647. The molecule has 0 bridgehead atoms. The monoisotopic (exact) mass is 277 g/mol. The van der Waals surface area contributed by atoms with Crippen LogP contribution in [0.2, 0.25) is 0 Å². The summed E-state index contributed by atoms with van der Waals surface area (Å²) >= 11 is 0. The van der Waals surface area contributed by atoms with Gasteiger partial charge < -0.3 is 10.6 Å². The second kappa shape index (κ2) is 8.40. The van der Waals surface area contributed by atoms with Gasteiger partial charge in [0, 0.05) is 12.1 Å². The van der Waals surface area contributed by atoms with Gasteiger partial charge in [-0.2, -0.15) is 0 Å². The summed E-state index contributed by atoms with van der Waals surface area (Å²) in [5.74, 6) is 0. The van der Waals surface area contributed by atoms with Crippen LogP contribution < -0.4 is 5.73 Å². The highest BCUT2D eigenvalue weighted by molar-refractivity contribution is 5.26. The van der Waals surface area contributed by atoms with Crippen molar-refractivity contribution in [2.75, 3.05) is 34.2 Å². The number of rotatable bonds is 8. The molecule has 1 rings (SSSR count). The van der Waals surface area contributed by atoms with E-state index in [1.165, 1.54) is 17.5 Å². The molecule has 2 unspecified atom stereocenters. The van der Waals surface area contributed by atoms with Crippen LogP contribution in [-0.2, 0) is 0 Å². The quantitative estimate of drug-likeness (QED) is 0.793. The average molecular weight is 277 g/mol. The first-order valence-corrected chi connectivity index (χ1v) is 7.62. The molecule has 2 atom stereocenters. The molecular formula is C17H31N3. The Labute approximate surface area is 124 Å². The molecule has 0 fully saturated rings. The number of hydrogen-bond donors (Lipinski definition) is 1. The van der Waals surface area contributed by atoms with Crippen LogP contribution in [0.15, 0.2) is 24.3 Å². The van der Waals surface area contributed by atoms with Gasteiger partial charge in [-0.15, -0.1) is 0 Å². The Balaban J connectivity index is 2.78. The first kappa shape index (κ1) is 17.2. The summed E-state index contributed by atoms with van der Waals surface area (Å²) in [4.78, 5) is 4.64. The Hall–Kier alpha value is -0.900. The van der Waals surface area contributed by atoms with Crippen molar-refractivity contribution < 1.29 is 0 Å². The van der Waals surface area contributed by atoms with Gasteiger partial charge >= 0.3 is 0 Å². The second-order valence-corrected chi connectivity index (χ2v) is 6.07. The maximum Gasteiger partial charge on any atom is 0.0496 e. The molecular weight excluding hydrogens is 246 g/mol. The molecule has 0 heterocycles. The van der Waals surface area contributed by atoms with Crippen molar-refractivity contribution >= 4 is 0 Å². The van der Waals surface area contributed by atoms with Gasteiger partial charge in [0.15, 0.2) is 0 Å². The molecule has 0 aromatic heterocycles. The lowest BCUT2D eigenvalue weighted by molar-refractivity contribution is 0.200. The van der Waals surface area contributed by atoms with Crippen LogP contribution in [-0.4, -0.2) is 50.1 Å². The van der Waals surface area contributed by atoms with Crippen molar-refractivity contribution in [3.05, 3.63) is 35.4 Å². The molecule has 0 amide bonds. The second-order valence-electron chi connectivity index (χ2n) is 6.07. The molecule has 0 aliphatic carbocycles. The largest absolute Gasteiger partial charge is 0.326 e. The van der Waals surface area contributed by atoms with Gasteiger partial charge in [-0.25, -0.2) is 0 Å². The fourth-order valence-electron chi connectivity index (χ4n) is 2.68. The van der Waals surface area contributed by atoms with Crippen LogP contribution >= 0.6 is 0 Å². The van der Waals surface area contributed by atoms with E-state index in [1.807, 2.05) is 0 Å². The van der Waals surface area contributed by atoms with Crippen molar-refractivity contribution in [1.29, 1.82) is 0 Å². The lowest BCUT2D eigenvalue weighted by Crippen LogP contribution is -2.39. The maximum absolute atomic E-state index is 6.38. The first-order valence-electron chi connectivity index (χ1n) is 7.62. The Bertz CT molecular complexity index is 390. The standard InChI is InChI=1S/C17H31N3/c1-6-16(18)17(15-10-7-9-14(2)13-15)20(5)12-8-11-19(3)4/h7,9-10,13,16-17H,6,8,11-12,18H2,1-5H3. The van der Waals surface area contributed by atoms with Crippen LogP contribution in [0, 0.1) is 6.92 Å². The number of hydrogen-bond acceptors (Lipinski definition) is 3. The highest BCUT2D eigenvalue weighted by atomic mass is 15.2. The van der Waals surface area contributed by atoms with Gasteiger partial charge in [0.05, 0.1) is 0 Å². The smallest absolute Gasteiger partial charge is 0.0496 e. The fourth-order valence-corrected chi connectivity index (χ4v) is 2.68. The molecule has 20 heavy (non-hydrogen) atoms. The third kappa shape index (κ3) is 5.23. The lowest BCUT2D eigenvalue weighted by atomic mass is 9.95. The molecule has 2 N–H and O–H groups in total. The van der Waals surface area contributed by atoms with Crippen molar-refractivity contribution in [2.45, 2.75) is 38.8 Å². The highest BCUT2D eigenvalue weighted by Gasteiger charge is 2.22. The van der Waals surface area contributed by atoms with E-state index in [1.54, 1.807) is 0 Å². The molecule has 0 saturated heterocycles. The number of likely N-dealkylation sites (N-methyl/N-ethyl adjacent to an activating group) is 1. The van der Waals surface area contributed by atoms with Crippen LogP contribution in [0.4, 0.5) is 0 Å². The normalized spacial score (nSPS) is 14.8. The molecule has 3 nitrogen and oxygen atoms in total. The van der Waals surface area contributed by atoms with Crippen LogP contribution in [0.5, 0.6) is 0 Å². The maximum atomic E-state index is 6.38. The third-order valence-corrected chi connectivity index (χ3v) is 3.85. The van der Waals surface area contributed by atoms with E-state index >= 15 is 0 Å². The predicted octanol–water partition coefficient (Wildman–Crippen LogP) is 2.66. The Morgan fingerprint density at radius 3 is 2.40 bits per heavy atom. The molecule has 0 aliphatic heterocycles. The number of nitrogens with two attached hydrogens (primary N) is 1. The summed E-state index contributed by atoms with van der Waals surface area (Å²) < 4.78 is 0. The van der Waals surface area contributed by atoms with E-state index in [-0.39, 0.29) is 6.04 Å². The van der Waals surface area contributed by atoms with Crippen molar-refractivity contribution in [3.63, 3.8) is 0 Å². The minimum Gasteiger partial charge on any atom is -0.326 e. The summed E-state index contributed by atoms with van der Waals surface area (Å²) in [6, 6.07) is 9.24. The Morgan fingerprint density at radius 2 is 1.85 bits per heavy atom. The summed E-state index contributed by atoms with van der Waals surface area (Å²) in [6.07, 6.45) is 2.17. The minimum atomic E-state index is 0.182. The molecule has 0 radical (unpaired) electrons. The number of benzene rings is 1. The molecule has 0 spiro atoms. The lowest BCUT2D eigenvalue weighted by Gasteiger charge is -2.33. The zero-order valence-corrected chi connectivity index (χ0v) is 13.8. The summed E-state index contributed by atoms with van der Waals surface area (Å²) in [7, 11) is 6.43. The van der Waals surface area contributed by atoms with Crippen LogP contribution in [0.25, 0.3) is 0 Å². The minimum absolute atomic E-state index is 0.182. The summed E-state index contributed by atoms with van der Waals surface area (Å²) in [5, 5.41) is 0. The average Bonchev–Trinajstić information content (AvgIpc) is 2.38. The van der Waals surface area contributed by atoms with Gasteiger partial charge in [-0.3, -0.25) is 4.90 Å². The van der Waals surface area contributed by atoms with E-state index in [2.05, 4.69) is 69.1 Å². The van der Waals surface area contributed by atoms with E-state index in [9.17, 15) is 0 Å². The topological polar surface area (TPSA) is 32.5 Å².